The van der Waals surface area contributed by atoms with Crippen LogP contribution in [-0.2, 0) is 4.74 Å². The number of ether oxygens (including phenoxy) is 1. The molecule has 110 valence electrons. The highest BCUT2D eigenvalue weighted by Gasteiger charge is 2.26. The Labute approximate surface area is 118 Å². The van der Waals surface area contributed by atoms with Gasteiger partial charge in [0.25, 0.3) is 6.33 Å². The second kappa shape index (κ2) is 5.52. The number of hydrogen-bond acceptors (Lipinski definition) is 4. The summed E-state index contributed by atoms with van der Waals surface area (Å²) >= 11 is 0. The van der Waals surface area contributed by atoms with E-state index in [1.165, 1.54) is 17.1 Å². The summed E-state index contributed by atoms with van der Waals surface area (Å²) in [4.78, 5) is 13.7. The summed E-state index contributed by atoms with van der Waals surface area (Å²) in [7, 11) is 0. The number of halogens is 2. The van der Waals surface area contributed by atoms with E-state index in [0.29, 0.717) is 26.3 Å². The first-order valence-corrected chi connectivity index (χ1v) is 6.32. The van der Waals surface area contributed by atoms with Crippen LogP contribution < -0.4 is 4.68 Å². The average molecular weight is 296 g/mol. The molecule has 1 aliphatic rings. The Bertz CT molecular complexity index is 669. The molecule has 0 radical (unpaired) electrons. The Hall–Kier alpha value is -2.42. The van der Waals surface area contributed by atoms with Gasteiger partial charge < -0.3 is 9.64 Å². The van der Waals surface area contributed by atoms with Crippen molar-refractivity contribution in [3.8, 4) is 5.69 Å². The molecule has 1 amide bonds. The molecule has 7 nitrogen and oxygen atoms in total. The summed E-state index contributed by atoms with van der Waals surface area (Å²) in [5, 5.41) is 7.44. The van der Waals surface area contributed by atoms with Crippen LogP contribution in [0, 0.1) is 11.6 Å². The third-order valence-electron chi connectivity index (χ3n) is 3.10. The zero-order valence-electron chi connectivity index (χ0n) is 10.9. The Kier molecular flexibility index (Phi) is 3.57. The first kappa shape index (κ1) is 13.6. The number of tetrazole rings is 1. The topological polar surface area (TPSA) is 64.1 Å². The van der Waals surface area contributed by atoms with Gasteiger partial charge in [-0.15, -0.1) is 4.68 Å². The Balaban J connectivity index is 1.82. The van der Waals surface area contributed by atoms with E-state index in [4.69, 9.17) is 4.74 Å². The lowest BCUT2D eigenvalue weighted by atomic mass is 10.3. The molecule has 3 rings (SSSR count). The van der Waals surface area contributed by atoms with Crippen molar-refractivity contribution in [3.63, 3.8) is 0 Å². The number of morpholine rings is 1. The van der Waals surface area contributed by atoms with Crippen LogP contribution in [0.15, 0.2) is 24.5 Å². The summed E-state index contributed by atoms with van der Waals surface area (Å²) in [6, 6.07) is 2.97. The van der Waals surface area contributed by atoms with Gasteiger partial charge >= 0.3 is 6.03 Å². The van der Waals surface area contributed by atoms with Gasteiger partial charge in [-0.05, 0) is 16.8 Å². The second-order valence-electron chi connectivity index (χ2n) is 4.46. The molecule has 1 fully saturated rings. The van der Waals surface area contributed by atoms with Crippen molar-refractivity contribution in [2.45, 2.75) is 0 Å². The van der Waals surface area contributed by atoms with Gasteiger partial charge in [0.05, 0.1) is 13.2 Å². The van der Waals surface area contributed by atoms with E-state index in [1.54, 1.807) is 4.90 Å². The third-order valence-corrected chi connectivity index (χ3v) is 3.10. The molecular formula is C12H12F2N5O2+. The normalized spacial score (nSPS) is 15.2. The van der Waals surface area contributed by atoms with Crippen LogP contribution in [0.2, 0.25) is 0 Å². The lowest BCUT2D eigenvalue weighted by Crippen LogP contribution is -2.43. The smallest absolute Gasteiger partial charge is 0.378 e. The molecule has 9 heteroatoms. The van der Waals surface area contributed by atoms with Crippen molar-refractivity contribution in [2.24, 2.45) is 0 Å². The van der Waals surface area contributed by atoms with Gasteiger partial charge in [0.15, 0.2) is 16.8 Å². The minimum absolute atomic E-state index is 0.273. The van der Waals surface area contributed by atoms with Crippen molar-refractivity contribution in [1.29, 1.82) is 0 Å². The maximum atomic E-state index is 13.2. The Morgan fingerprint density at radius 1 is 1.24 bits per heavy atom. The first-order valence-electron chi connectivity index (χ1n) is 6.32. The van der Waals surface area contributed by atoms with Crippen LogP contribution in [0.3, 0.4) is 0 Å². The maximum Gasteiger partial charge on any atom is 0.420 e. The standard InChI is InChI=1S/C12H12F2N5O2/c13-10-2-1-9(7-11(10)14)18-8-19(16-15-18)12(20)17-3-5-21-6-4-17/h1-2,7-8H,3-6H2/q+1. The van der Waals surface area contributed by atoms with Gasteiger partial charge in [0.2, 0.25) is 0 Å². The molecule has 0 saturated carbocycles. The highest BCUT2D eigenvalue weighted by Crippen LogP contribution is 2.07. The molecule has 0 bridgehead atoms. The van der Waals surface area contributed by atoms with Crippen molar-refractivity contribution in [3.05, 3.63) is 36.2 Å². The van der Waals surface area contributed by atoms with E-state index in [0.717, 1.165) is 16.8 Å². The molecule has 1 aromatic heterocycles. The molecule has 1 aromatic carbocycles. The van der Waals surface area contributed by atoms with Crippen molar-refractivity contribution in [2.75, 3.05) is 26.3 Å². The molecule has 0 unspecified atom stereocenters. The summed E-state index contributed by atoms with van der Waals surface area (Å²) in [6.07, 6.45) is 1.31. The minimum atomic E-state index is -0.992. The third kappa shape index (κ3) is 2.72. The van der Waals surface area contributed by atoms with Crippen LogP contribution in [0.5, 0.6) is 0 Å². The van der Waals surface area contributed by atoms with Crippen molar-refractivity contribution in [1.82, 2.24) is 20.0 Å². The van der Waals surface area contributed by atoms with Gasteiger partial charge in [-0.3, -0.25) is 0 Å². The summed E-state index contributed by atoms with van der Waals surface area (Å²) in [6.45, 7) is 1.90. The highest BCUT2D eigenvalue weighted by atomic mass is 19.2. The first-order chi connectivity index (χ1) is 10.1. The molecule has 2 heterocycles. The maximum absolute atomic E-state index is 13.2. The molecule has 21 heavy (non-hydrogen) atoms. The zero-order chi connectivity index (χ0) is 14.8. The molecule has 0 N–H and O–H groups in total. The fourth-order valence-corrected chi connectivity index (χ4v) is 1.97. The number of carbonyl (C=O) groups excluding carboxylic acids is 1. The fourth-order valence-electron chi connectivity index (χ4n) is 1.97. The molecule has 0 spiro atoms. The molecular weight excluding hydrogens is 284 g/mol. The number of aromatic nitrogens is 4. The van der Waals surface area contributed by atoms with Crippen LogP contribution >= 0.6 is 0 Å². The highest BCUT2D eigenvalue weighted by molar-refractivity contribution is 5.75. The van der Waals surface area contributed by atoms with E-state index < -0.39 is 11.6 Å². The van der Waals surface area contributed by atoms with Crippen LogP contribution in [0.25, 0.3) is 5.69 Å². The van der Waals surface area contributed by atoms with E-state index in [-0.39, 0.29) is 11.7 Å². The van der Waals surface area contributed by atoms with Crippen LogP contribution in [0.1, 0.15) is 0 Å². The number of hydrogen-bond donors (Lipinski definition) is 0. The summed E-state index contributed by atoms with van der Waals surface area (Å²) in [5.41, 5.74) is 0.273. The van der Waals surface area contributed by atoms with Gasteiger partial charge in [-0.2, -0.15) is 0 Å². The van der Waals surface area contributed by atoms with E-state index in [2.05, 4.69) is 10.4 Å². The van der Waals surface area contributed by atoms with E-state index in [1.807, 2.05) is 0 Å². The van der Waals surface area contributed by atoms with Crippen LogP contribution in [-0.4, -0.2) is 52.3 Å². The fraction of sp³-hybridized carbons (Fsp3) is 0.333. The van der Waals surface area contributed by atoms with Gasteiger partial charge in [-0.1, -0.05) is 0 Å². The van der Waals surface area contributed by atoms with Gasteiger partial charge in [-0.25, -0.2) is 13.6 Å². The summed E-state index contributed by atoms with van der Waals surface area (Å²) in [5.74, 6) is -1.94. The SMILES string of the molecule is O=C(N1CCOCC1)n1c[n+](-c2ccc(F)c(F)c2)nn1. The molecule has 2 aromatic rings. The van der Waals surface area contributed by atoms with Crippen molar-refractivity contribution >= 4 is 6.03 Å². The number of nitrogens with zero attached hydrogens (tertiary/aromatic N) is 5. The van der Waals surface area contributed by atoms with Gasteiger partial charge in [0.1, 0.15) is 10.9 Å². The van der Waals surface area contributed by atoms with Crippen molar-refractivity contribution < 1.29 is 23.0 Å². The van der Waals surface area contributed by atoms with E-state index in [9.17, 15) is 13.6 Å². The predicted octanol–water partition coefficient (Wildman–Crippen LogP) is 0.133. The molecule has 0 aliphatic carbocycles. The van der Waals surface area contributed by atoms with E-state index >= 15 is 0 Å². The Morgan fingerprint density at radius 3 is 2.71 bits per heavy atom. The van der Waals surface area contributed by atoms with Crippen LogP contribution in [0.4, 0.5) is 13.6 Å². The second-order valence-corrected chi connectivity index (χ2v) is 4.46. The average Bonchev–Trinajstić information content (AvgIpc) is 3.00. The van der Waals surface area contributed by atoms with Gasteiger partial charge in [0, 0.05) is 19.2 Å². The molecule has 0 atom stereocenters. The minimum Gasteiger partial charge on any atom is -0.378 e. The number of benzene rings is 1. The lowest BCUT2D eigenvalue weighted by Gasteiger charge is -2.23. The predicted molar refractivity (Wildman–Crippen MR) is 64.7 cm³/mol. The number of amides is 1. The summed E-state index contributed by atoms with van der Waals surface area (Å²) < 4.78 is 33.5. The Morgan fingerprint density at radius 2 is 2.00 bits per heavy atom. The zero-order valence-corrected chi connectivity index (χ0v) is 10.9. The lowest BCUT2D eigenvalue weighted by molar-refractivity contribution is -0.660. The molecule has 1 aliphatic heterocycles. The number of carbonyl (C=O) groups is 1. The monoisotopic (exact) mass is 296 g/mol. The molecule has 1 saturated heterocycles. The number of rotatable bonds is 1. The largest absolute Gasteiger partial charge is 0.420 e. The quantitative estimate of drug-likeness (QED) is 0.554.